The highest BCUT2D eigenvalue weighted by atomic mass is 16.2. The number of aryl methyl sites for hydroxylation is 1. The Morgan fingerprint density at radius 3 is 3.11 bits per heavy atom. The summed E-state index contributed by atoms with van der Waals surface area (Å²) in [6.45, 7) is 0. The summed E-state index contributed by atoms with van der Waals surface area (Å²) in [5.41, 5.74) is 3.21. The Hall–Kier alpha value is -2.30. The van der Waals surface area contributed by atoms with Crippen molar-refractivity contribution in [3.63, 3.8) is 0 Å². The number of benzene rings is 1. The maximum absolute atomic E-state index is 11.8. The monoisotopic (exact) mass is 242 g/mol. The first-order chi connectivity index (χ1) is 8.83. The van der Waals surface area contributed by atoms with Gasteiger partial charge in [-0.05, 0) is 24.0 Å². The number of hydrogen-bond donors (Lipinski definition) is 3. The largest absolute Gasteiger partial charge is 0.331 e. The number of anilines is 1. The van der Waals surface area contributed by atoms with Crippen molar-refractivity contribution >= 4 is 11.7 Å². The first-order valence-corrected chi connectivity index (χ1v) is 5.97. The van der Waals surface area contributed by atoms with E-state index in [4.69, 9.17) is 0 Å². The minimum atomic E-state index is -0.196. The molecule has 1 aliphatic carbocycles. The van der Waals surface area contributed by atoms with Crippen LogP contribution in [-0.2, 0) is 6.42 Å². The molecule has 0 radical (unpaired) electrons. The van der Waals surface area contributed by atoms with E-state index in [2.05, 4.69) is 33.0 Å². The molecule has 0 saturated heterocycles. The van der Waals surface area contributed by atoms with Gasteiger partial charge in [0.15, 0.2) is 0 Å². The fraction of sp³-hybridized carbons (Fsp3) is 0.231. The van der Waals surface area contributed by atoms with Gasteiger partial charge in [0, 0.05) is 6.20 Å². The van der Waals surface area contributed by atoms with Gasteiger partial charge in [-0.3, -0.25) is 5.10 Å². The Kier molecular flexibility index (Phi) is 2.72. The molecule has 0 fully saturated rings. The summed E-state index contributed by atoms with van der Waals surface area (Å²) in [6.07, 6.45) is 5.19. The molecule has 1 heterocycles. The number of nitrogens with zero attached hydrogens (tertiary/aromatic N) is 1. The van der Waals surface area contributed by atoms with Crippen LogP contribution in [0.1, 0.15) is 23.6 Å². The molecule has 5 heteroatoms. The first-order valence-electron chi connectivity index (χ1n) is 5.97. The molecule has 2 amide bonds. The van der Waals surface area contributed by atoms with Crippen molar-refractivity contribution in [2.75, 3.05) is 5.32 Å². The van der Waals surface area contributed by atoms with Gasteiger partial charge in [0.25, 0.3) is 0 Å². The highest BCUT2D eigenvalue weighted by Gasteiger charge is 2.23. The fourth-order valence-corrected chi connectivity index (χ4v) is 2.35. The highest BCUT2D eigenvalue weighted by molar-refractivity contribution is 5.89. The Morgan fingerprint density at radius 1 is 1.39 bits per heavy atom. The van der Waals surface area contributed by atoms with E-state index in [0.29, 0.717) is 5.69 Å². The van der Waals surface area contributed by atoms with E-state index in [-0.39, 0.29) is 12.1 Å². The van der Waals surface area contributed by atoms with Crippen LogP contribution in [0.3, 0.4) is 0 Å². The van der Waals surface area contributed by atoms with E-state index in [1.807, 2.05) is 12.1 Å². The molecule has 1 aromatic heterocycles. The number of carbonyl (C=O) groups is 1. The summed E-state index contributed by atoms with van der Waals surface area (Å²) in [5.74, 6) is 0. The summed E-state index contributed by atoms with van der Waals surface area (Å²) in [6, 6.07) is 8.14. The van der Waals surface area contributed by atoms with E-state index < -0.39 is 0 Å². The zero-order chi connectivity index (χ0) is 12.4. The second-order valence-corrected chi connectivity index (χ2v) is 4.38. The molecule has 0 aliphatic heterocycles. The van der Waals surface area contributed by atoms with Crippen molar-refractivity contribution in [2.24, 2.45) is 0 Å². The zero-order valence-electron chi connectivity index (χ0n) is 9.81. The lowest BCUT2D eigenvalue weighted by atomic mass is 10.1. The van der Waals surface area contributed by atoms with Crippen LogP contribution < -0.4 is 10.6 Å². The van der Waals surface area contributed by atoms with E-state index in [9.17, 15) is 4.79 Å². The molecule has 18 heavy (non-hydrogen) atoms. The SMILES string of the molecule is O=C(Nc1cn[nH]c1)NC1CCc2ccccc21. The molecule has 3 N–H and O–H groups in total. The molecule has 3 rings (SSSR count). The second kappa shape index (κ2) is 4.52. The van der Waals surface area contributed by atoms with Crippen LogP contribution in [0.4, 0.5) is 10.5 Å². The number of urea groups is 1. The highest BCUT2D eigenvalue weighted by Crippen LogP contribution is 2.30. The third kappa shape index (κ3) is 2.07. The zero-order valence-corrected chi connectivity index (χ0v) is 9.81. The molecular formula is C13H14N4O. The maximum Gasteiger partial charge on any atom is 0.319 e. The summed E-state index contributed by atoms with van der Waals surface area (Å²) in [4.78, 5) is 11.8. The van der Waals surface area contributed by atoms with Crippen LogP contribution in [0.2, 0.25) is 0 Å². The third-order valence-corrected chi connectivity index (χ3v) is 3.19. The fourth-order valence-electron chi connectivity index (χ4n) is 2.35. The normalized spacial score (nSPS) is 17.2. The minimum Gasteiger partial charge on any atom is -0.331 e. The van der Waals surface area contributed by atoms with Gasteiger partial charge in [-0.1, -0.05) is 24.3 Å². The lowest BCUT2D eigenvalue weighted by Gasteiger charge is -2.14. The number of fused-ring (bicyclic) bond motifs is 1. The summed E-state index contributed by atoms with van der Waals surface area (Å²) in [5, 5.41) is 12.1. The molecule has 92 valence electrons. The molecule has 1 aromatic carbocycles. The van der Waals surface area contributed by atoms with E-state index >= 15 is 0 Å². The minimum absolute atomic E-state index is 0.105. The summed E-state index contributed by atoms with van der Waals surface area (Å²) >= 11 is 0. The molecule has 0 saturated carbocycles. The Labute approximate surface area is 105 Å². The molecule has 0 bridgehead atoms. The van der Waals surface area contributed by atoms with Gasteiger partial charge in [-0.15, -0.1) is 0 Å². The van der Waals surface area contributed by atoms with Gasteiger partial charge in [0.2, 0.25) is 0 Å². The average Bonchev–Trinajstić information content (AvgIpc) is 3.00. The molecule has 1 atom stereocenters. The van der Waals surface area contributed by atoms with Gasteiger partial charge in [-0.2, -0.15) is 5.10 Å². The predicted octanol–water partition coefficient (Wildman–Crippen LogP) is 2.22. The van der Waals surface area contributed by atoms with E-state index in [1.165, 1.54) is 11.1 Å². The number of H-pyrrole nitrogens is 1. The number of aromatic amines is 1. The van der Waals surface area contributed by atoms with Gasteiger partial charge in [0.05, 0.1) is 17.9 Å². The summed E-state index contributed by atoms with van der Waals surface area (Å²) < 4.78 is 0. The Bertz CT molecular complexity index is 550. The van der Waals surface area contributed by atoms with Crippen LogP contribution in [-0.4, -0.2) is 16.2 Å². The van der Waals surface area contributed by atoms with Crippen molar-refractivity contribution in [2.45, 2.75) is 18.9 Å². The molecule has 2 aromatic rings. The van der Waals surface area contributed by atoms with E-state index in [0.717, 1.165) is 12.8 Å². The van der Waals surface area contributed by atoms with Gasteiger partial charge in [0.1, 0.15) is 0 Å². The lowest BCUT2D eigenvalue weighted by Crippen LogP contribution is -2.31. The van der Waals surface area contributed by atoms with Crippen LogP contribution >= 0.6 is 0 Å². The molecule has 1 unspecified atom stereocenters. The van der Waals surface area contributed by atoms with Crippen LogP contribution in [0.25, 0.3) is 0 Å². The number of hydrogen-bond acceptors (Lipinski definition) is 2. The Balaban J connectivity index is 1.66. The number of amides is 2. The molecule has 5 nitrogen and oxygen atoms in total. The molecule has 1 aliphatic rings. The van der Waals surface area contributed by atoms with Gasteiger partial charge in [-0.25, -0.2) is 4.79 Å². The van der Waals surface area contributed by atoms with Crippen molar-refractivity contribution in [1.82, 2.24) is 15.5 Å². The van der Waals surface area contributed by atoms with Crippen molar-refractivity contribution < 1.29 is 4.79 Å². The molecular weight excluding hydrogens is 228 g/mol. The average molecular weight is 242 g/mol. The standard InChI is InChI=1S/C13H14N4O/c18-13(16-10-7-14-15-8-10)17-12-6-5-9-3-1-2-4-11(9)12/h1-4,7-8,12H,5-6H2,(H,14,15)(H2,16,17,18). The third-order valence-electron chi connectivity index (χ3n) is 3.19. The van der Waals surface area contributed by atoms with Crippen molar-refractivity contribution in [1.29, 1.82) is 0 Å². The molecule has 0 spiro atoms. The van der Waals surface area contributed by atoms with Crippen LogP contribution in [0, 0.1) is 0 Å². The van der Waals surface area contributed by atoms with Crippen molar-refractivity contribution in [3.05, 3.63) is 47.8 Å². The van der Waals surface area contributed by atoms with Gasteiger partial charge >= 0.3 is 6.03 Å². The van der Waals surface area contributed by atoms with Crippen LogP contribution in [0.5, 0.6) is 0 Å². The Morgan fingerprint density at radius 2 is 2.28 bits per heavy atom. The predicted molar refractivity (Wildman–Crippen MR) is 68.2 cm³/mol. The topological polar surface area (TPSA) is 69.8 Å². The maximum atomic E-state index is 11.8. The number of carbonyl (C=O) groups excluding carboxylic acids is 1. The number of rotatable bonds is 2. The smallest absolute Gasteiger partial charge is 0.319 e. The number of nitrogens with one attached hydrogen (secondary N) is 3. The summed E-state index contributed by atoms with van der Waals surface area (Å²) in [7, 11) is 0. The number of aromatic nitrogens is 2. The van der Waals surface area contributed by atoms with Gasteiger partial charge < -0.3 is 10.6 Å². The second-order valence-electron chi connectivity index (χ2n) is 4.38. The lowest BCUT2D eigenvalue weighted by molar-refractivity contribution is 0.248. The van der Waals surface area contributed by atoms with E-state index in [1.54, 1.807) is 12.4 Å². The quantitative estimate of drug-likeness (QED) is 0.755. The first kappa shape index (κ1) is 10.8. The van der Waals surface area contributed by atoms with Crippen LogP contribution in [0.15, 0.2) is 36.7 Å². The van der Waals surface area contributed by atoms with Crippen molar-refractivity contribution in [3.8, 4) is 0 Å².